The van der Waals surface area contributed by atoms with Gasteiger partial charge in [0.2, 0.25) is 11.8 Å². The number of amides is 3. The van der Waals surface area contributed by atoms with Gasteiger partial charge < -0.3 is 19.5 Å². The predicted molar refractivity (Wildman–Crippen MR) is 125 cm³/mol. The number of hydrogen-bond donors (Lipinski definition) is 2. The number of carbonyl (C=O) groups is 3. The molecule has 4 aromatic rings. The average Bonchev–Trinajstić information content (AvgIpc) is 3.59. The van der Waals surface area contributed by atoms with E-state index in [0.717, 1.165) is 11.0 Å². The Labute approximate surface area is 200 Å². The van der Waals surface area contributed by atoms with Gasteiger partial charge in [-0.15, -0.1) is 0 Å². The Morgan fingerprint density at radius 2 is 1.63 bits per heavy atom. The second-order valence-electron chi connectivity index (χ2n) is 7.51. The van der Waals surface area contributed by atoms with E-state index in [1.165, 1.54) is 36.8 Å². The van der Waals surface area contributed by atoms with Crippen LogP contribution in [0.2, 0.25) is 0 Å². The Morgan fingerprint density at radius 1 is 0.857 bits per heavy atom. The van der Waals surface area contributed by atoms with Crippen LogP contribution in [0.1, 0.15) is 27.9 Å². The molecule has 4 rings (SSSR count). The monoisotopic (exact) mass is 475 g/mol. The van der Waals surface area contributed by atoms with Crippen molar-refractivity contribution in [2.24, 2.45) is 0 Å². The second-order valence-corrected chi connectivity index (χ2v) is 7.51. The molecule has 0 radical (unpaired) electrons. The van der Waals surface area contributed by atoms with Gasteiger partial charge in [-0.1, -0.05) is 36.4 Å². The molecule has 9 heteroatoms. The van der Waals surface area contributed by atoms with Crippen molar-refractivity contribution in [3.63, 3.8) is 0 Å². The zero-order valence-corrected chi connectivity index (χ0v) is 18.5. The fraction of sp³-hybridized carbons (Fsp3) is 0.115. The molecule has 0 aliphatic rings. The van der Waals surface area contributed by atoms with E-state index in [4.69, 9.17) is 8.83 Å². The lowest BCUT2D eigenvalue weighted by Crippen LogP contribution is -2.47. The van der Waals surface area contributed by atoms with Gasteiger partial charge in [0.25, 0.3) is 5.91 Å². The van der Waals surface area contributed by atoms with Crippen LogP contribution < -0.4 is 15.5 Å². The van der Waals surface area contributed by atoms with Gasteiger partial charge in [0, 0.05) is 5.69 Å². The van der Waals surface area contributed by atoms with Gasteiger partial charge in [-0.05, 0) is 48.0 Å². The second kappa shape index (κ2) is 11.0. The van der Waals surface area contributed by atoms with Gasteiger partial charge in [0.05, 0.1) is 25.6 Å². The van der Waals surface area contributed by atoms with Gasteiger partial charge in [0.1, 0.15) is 17.6 Å². The van der Waals surface area contributed by atoms with Crippen molar-refractivity contribution in [3.8, 4) is 0 Å². The Hall–Kier alpha value is -4.66. The van der Waals surface area contributed by atoms with Crippen LogP contribution >= 0.6 is 0 Å². The van der Waals surface area contributed by atoms with Gasteiger partial charge in [-0.2, -0.15) is 0 Å². The average molecular weight is 475 g/mol. The van der Waals surface area contributed by atoms with Crippen molar-refractivity contribution < 1.29 is 27.6 Å². The molecule has 0 fully saturated rings. The first-order valence-electron chi connectivity index (χ1n) is 10.8. The van der Waals surface area contributed by atoms with Crippen LogP contribution in [0, 0.1) is 5.82 Å². The molecule has 2 aromatic carbocycles. The molecule has 0 bridgehead atoms. The van der Waals surface area contributed by atoms with Crippen molar-refractivity contribution >= 4 is 23.4 Å². The van der Waals surface area contributed by atoms with Crippen molar-refractivity contribution in [2.75, 3.05) is 11.4 Å². The van der Waals surface area contributed by atoms with Crippen LogP contribution in [0.3, 0.4) is 0 Å². The first-order chi connectivity index (χ1) is 17.0. The van der Waals surface area contributed by atoms with Gasteiger partial charge in [-0.25, -0.2) is 4.39 Å². The first kappa shape index (κ1) is 23.5. The number of anilines is 1. The molecule has 0 aliphatic heterocycles. The van der Waals surface area contributed by atoms with Gasteiger partial charge >= 0.3 is 0 Å². The summed E-state index contributed by atoms with van der Waals surface area (Å²) in [5.41, 5.74) is 0.656. The minimum Gasteiger partial charge on any atom is -0.467 e. The Morgan fingerprint density at radius 3 is 2.31 bits per heavy atom. The fourth-order valence-electron chi connectivity index (χ4n) is 3.54. The molecule has 0 aliphatic carbocycles. The molecule has 2 aromatic heterocycles. The summed E-state index contributed by atoms with van der Waals surface area (Å²) in [6.45, 7) is -0.361. The van der Waals surface area contributed by atoms with Crippen LogP contribution in [0.4, 0.5) is 10.1 Å². The third-order valence-electron chi connectivity index (χ3n) is 5.14. The van der Waals surface area contributed by atoms with Crippen molar-refractivity contribution in [1.29, 1.82) is 0 Å². The highest BCUT2D eigenvalue weighted by molar-refractivity contribution is 6.04. The summed E-state index contributed by atoms with van der Waals surface area (Å²) >= 11 is 0. The maximum Gasteiger partial charge on any atom is 0.287 e. The van der Waals surface area contributed by atoms with E-state index in [9.17, 15) is 18.8 Å². The molecule has 178 valence electrons. The maximum atomic E-state index is 14.2. The number of hydrogen-bond acceptors (Lipinski definition) is 5. The lowest BCUT2D eigenvalue weighted by Gasteiger charge is -2.31. The summed E-state index contributed by atoms with van der Waals surface area (Å²) in [4.78, 5) is 40.3. The molecule has 0 spiro atoms. The zero-order chi connectivity index (χ0) is 24.6. The number of halogens is 1. The molecular weight excluding hydrogens is 453 g/mol. The molecule has 35 heavy (non-hydrogen) atoms. The van der Waals surface area contributed by atoms with Crippen molar-refractivity contribution in [1.82, 2.24) is 10.6 Å². The molecular formula is C26H22FN3O5. The van der Waals surface area contributed by atoms with Crippen LogP contribution in [-0.4, -0.2) is 24.3 Å². The van der Waals surface area contributed by atoms with Crippen LogP contribution in [0.5, 0.6) is 0 Å². The number of nitrogens with zero attached hydrogens (tertiary/aromatic N) is 1. The van der Waals surface area contributed by atoms with E-state index >= 15 is 0 Å². The number of furan rings is 2. The molecule has 1 atom stereocenters. The van der Waals surface area contributed by atoms with E-state index < -0.39 is 36.1 Å². The normalized spacial score (nSPS) is 11.5. The van der Waals surface area contributed by atoms with E-state index in [0.29, 0.717) is 11.3 Å². The Balaban J connectivity index is 1.65. The SMILES string of the molecule is O=C(NCC(=O)N(c1cccc(F)c1)[C@@H](C(=O)NCc1ccco1)c1ccccc1)c1ccco1. The topological polar surface area (TPSA) is 105 Å². The molecule has 3 amide bonds. The summed E-state index contributed by atoms with van der Waals surface area (Å²) in [5.74, 6) is -1.76. The maximum absolute atomic E-state index is 14.2. The largest absolute Gasteiger partial charge is 0.467 e. The smallest absolute Gasteiger partial charge is 0.287 e. The van der Waals surface area contributed by atoms with E-state index in [2.05, 4.69) is 10.6 Å². The van der Waals surface area contributed by atoms with E-state index in [1.54, 1.807) is 48.5 Å². The third kappa shape index (κ3) is 5.83. The van der Waals surface area contributed by atoms with E-state index in [-0.39, 0.29) is 18.0 Å². The minimum absolute atomic E-state index is 0.0332. The standard InChI is InChI=1S/C26H22FN3O5/c27-19-9-4-10-20(15-19)30(23(31)17-29-25(32)22-12-6-14-35-22)24(18-7-2-1-3-8-18)26(33)28-16-21-11-5-13-34-21/h1-15,24H,16-17H2,(H,28,33)(H,29,32)/t24-/m1/s1. The Kier molecular flexibility index (Phi) is 7.37. The highest BCUT2D eigenvalue weighted by Gasteiger charge is 2.33. The summed E-state index contributed by atoms with van der Waals surface area (Å²) < 4.78 is 24.5. The molecule has 0 saturated heterocycles. The highest BCUT2D eigenvalue weighted by atomic mass is 19.1. The fourth-order valence-corrected chi connectivity index (χ4v) is 3.54. The highest BCUT2D eigenvalue weighted by Crippen LogP contribution is 2.28. The number of carbonyl (C=O) groups excluding carboxylic acids is 3. The van der Waals surface area contributed by atoms with Gasteiger partial charge in [-0.3, -0.25) is 19.3 Å². The Bertz CT molecular complexity index is 1270. The van der Waals surface area contributed by atoms with E-state index in [1.807, 2.05) is 0 Å². The molecule has 2 N–H and O–H groups in total. The number of nitrogens with one attached hydrogen (secondary N) is 2. The summed E-state index contributed by atoms with van der Waals surface area (Å²) in [5, 5.41) is 5.25. The molecule has 2 heterocycles. The minimum atomic E-state index is -1.15. The van der Waals surface area contributed by atoms with Crippen molar-refractivity contribution in [3.05, 3.63) is 114 Å². The number of rotatable bonds is 9. The third-order valence-corrected chi connectivity index (χ3v) is 5.14. The van der Waals surface area contributed by atoms with Crippen LogP contribution in [-0.2, 0) is 16.1 Å². The van der Waals surface area contributed by atoms with Crippen molar-refractivity contribution in [2.45, 2.75) is 12.6 Å². The molecule has 0 saturated carbocycles. The zero-order valence-electron chi connectivity index (χ0n) is 18.5. The lowest BCUT2D eigenvalue weighted by atomic mass is 10.0. The molecule has 0 unspecified atom stereocenters. The predicted octanol–water partition coefficient (Wildman–Crippen LogP) is 3.83. The first-order valence-corrected chi connectivity index (χ1v) is 10.8. The van der Waals surface area contributed by atoms with Crippen LogP contribution in [0.15, 0.2) is 100 Å². The summed E-state index contributed by atoms with van der Waals surface area (Å²) in [6.07, 6.45) is 2.82. The number of benzene rings is 2. The lowest BCUT2D eigenvalue weighted by molar-refractivity contribution is -0.126. The van der Waals surface area contributed by atoms with Crippen LogP contribution in [0.25, 0.3) is 0 Å². The quantitative estimate of drug-likeness (QED) is 0.383. The summed E-state index contributed by atoms with van der Waals surface area (Å²) in [7, 11) is 0. The molecule has 8 nitrogen and oxygen atoms in total. The summed E-state index contributed by atoms with van der Waals surface area (Å²) in [6, 6.07) is 19.2. The van der Waals surface area contributed by atoms with Gasteiger partial charge in [0.15, 0.2) is 5.76 Å².